The fourth-order valence-corrected chi connectivity index (χ4v) is 2.55. The molecular weight excluding hydrogens is 392 g/mol. The monoisotopic (exact) mass is 409 g/mol. The lowest BCUT2D eigenvalue weighted by Crippen LogP contribution is -2.21. The molecule has 0 radical (unpaired) electrons. The number of amides is 1. The van der Waals surface area contributed by atoms with E-state index in [1.807, 2.05) is 6.07 Å². The third-order valence-electron chi connectivity index (χ3n) is 4.12. The Kier molecular flexibility index (Phi) is 5.93. The van der Waals surface area contributed by atoms with Crippen LogP contribution in [0.3, 0.4) is 0 Å². The van der Waals surface area contributed by atoms with E-state index in [0.717, 1.165) is 0 Å². The molecule has 0 bridgehead atoms. The van der Waals surface area contributed by atoms with Crippen LogP contribution in [0.2, 0.25) is 0 Å². The number of carbonyl (C=O) groups is 1. The molecular formula is C22H17F2N3O3. The summed E-state index contributed by atoms with van der Waals surface area (Å²) in [5.74, 6) is -2.93. The molecule has 0 fully saturated rings. The van der Waals surface area contributed by atoms with E-state index >= 15 is 0 Å². The van der Waals surface area contributed by atoms with Crippen LogP contribution in [0.5, 0.6) is 23.3 Å². The van der Waals surface area contributed by atoms with Crippen molar-refractivity contribution in [3.05, 3.63) is 76.9 Å². The predicted molar refractivity (Wildman–Crippen MR) is 105 cm³/mol. The quantitative estimate of drug-likeness (QED) is 0.604. The van der Waals surface area contributed by atoms with Gasteiger partial charge in [-0.15, -0.1) is 0 Å². The van der Waals surface area contributed by atoms with Gasteiger partial charge in [0, 0.05) is 25.2 Å². The number of rotatable bonds is 5. The zero-order valence-electron chi connectivity index (χ0n) is 16.4. The highest BCUT2D eigenvalue weighted by molar-refractivity contribution is 5.94. The molecule has 0 saturated heterocycles. The van der Waals surface area contributed by atoms with E-state index in [4.69, 9.17) is 14.7 Å². The maximum atomic E-state index is 14.6. The Labute approximate surface area is 171 Å². The summed E-state index contributed by atoms with van der Waals surface area (Å²) < 4.78 is 40.0. The second-order valence-corrected chi connectivity index (χ2v) is 6.55. The number of hydrogen-bond donors (Lipinski definition) is 0. The van der Waals surface area contributed by atoms with Crippen LogP contribution in [0, 0.1) is 29.9 Å². The van der Waals surface area contributed by atoms with Gasteiger partial charge in [-0.1, -0.05) is 12.1 Å². The molecule has 8 heteroatoms. The summed E-state index contributed by atoms with van der Waals surface area (Å²) in [6.07, 6.45) is 0. The van der Waals surface area contributed by atoms with Gasteiger partial charge in [0.15, 0.2) is 11.6 Å². The molecule has 0 aliphatic carbocycles. The molecule has 0 N–H and O–H groups in total. The number of nitriles is 1. The second kappa shape index (κ2) is 8.57. The smallest absolute Gasteiger partial charge is 0.259 e. The van der Waals surface area contributed by atoms with E-state index in [2.05, 4.69) is 4.98 Å². The summed E-state index contributed by atoms with van der Waals surface area (Å²) in [7, 11) is 3.21. The van der Waals surface area contributed by atoms with Crippen LogP contribution in [0.4, 0.5) is 8.78 Å². The van der Waals surface area contributed by atoms with Gasteiger partial charge in [0.2, 0.25) is 0 Å². The number of pyridine rings is 1. The van der Waals surface area contributed by atoms with Gasteiger partial charge in [0.1, 0.15) is 11.5 Å². The molecule has 3 aromatic rings. The Hall–Kier alpha value is -3.99. The minimum absolute atomic E-state index is 0.150. The van der Waals surface area contributed by atoms with E-state index < -0.39 is 23.4 Å². The molecule has 6 nitrogen and oxygen atoms in total. The Morgan fingerprint density at radius 2 is 1.57 bits per heavy atom. The van der Waals surface area contributed by atoms with Crippen LogP contribution in [0.25, 0.3) is 0 Å². The summed E-state index contributed by atoms with van der Waals surface area (Å²) in [6, 6.07) is 14.1. The zero-order chi connectivity index (χ0) is 21.8. The molecule has 2 aromatic carbocycles. The van der Waals surface area contributed by atoms with Crippen molar-refractivity contribution in [2.45, 2.75) is 6.92 Å². The van der Waals surface area contributed by atoms with Crippen LogP contribution in [0.15, 0.2) is 48.5 Å². The van der Waals surface area contributed by atoms with Gasteiger partial charge in [-0.25, -0.2) is 8.78 Å². The first-order valence-electron chi connectivity index (χ1n) is 8.83. The van der Waals surface area contributed by atoms with Crippen LogP contribution < -0.4 is 9.47 Å². The molecule has 152 valence electrons. The zero-order valence-corrected chi connectivity index (χ0v) is 16.4. The van der Waals surface area contributed by atoms with Gasteiger partial charge in [-0.05, 0) is 43.3 Å². The third kappa shape index (κ3) is 4.36. The fraction of sp³-hybridized carbons (Fsp3) is 0.136. The second-order valence-electron chi connectivity index (χ2n) is 6.55. The van der Waals surface area contributed by atoms with E-state index in [9.17, 15) is 13.6 Å². The van der Waals surface area contributed by atoms with Gasteiger partial charge in [-0.2, -0.15) is 10.2 Å². The number of benzene rings is 2. The average molecular weight is 409 g/mol. The first kappa shape index (κ1) is 20.7. The molecule has 3 rings (SSSR count). The number of halogens is 2. The number of carbonyl (C=O) groups excluding carboxylic acids is 1. The topological polar surface area (TPSA) is 75.5 Å². The van der Waals surface area contributed by atoms with Gasteiger partial charge in [0.05, 0.1) is 11.6 Å². The van der Waals surface area contributed by atoms with Crippen molar-refractivity contribution >= 4 is 5.91 Å². The van der Waals surface area contributed by atoms with Crippen molar-refractivity contribution in [3.63, 3.8) is 0 Å². The van der Waals surface area contributed by atoms with Gasteiger partial charge >= 0.3 is 0 Å². The highest BCUT2D eigenvalue weighted by Crippen LogP contribution is 2.33. The van der Waals surface area contributed by atoms with Crippen molar-refractivity contribution in [1.29, 1.82) is 5.26 Å². The van der Waals surface area contributed by atoms with Crippen LogP contribution >= 0.6 is 0 Å². The van der Waals surface area contributed by atoms with Gasteiger partial charge in [0.25, 0.3) is 17.7 Å². The minimum Gasteiger partial charge on any atom is -0.436 e. The molecule has 0 atom stereocenters. The summed E-state index contributed by atoms with van der Waals surface area (Å²) >= 11 is 0. The molecule has 0 unspecified atom stereocenters. The predicted octanol–water partition coefficient (Wildman–Crippen LogP) is 4.83. The largest absolute Gasteiger partial charge is 0.436 e. The lowest BCUT2D eigenvalue weighted by atomic mass is 10.2. The summed E-state index contributed by atoms with van der Waals surface area (Å²) in [5, 5.41) is 8.98. The number of ether oxygens (including phenoxy) is 2. The first-order valence-corrected chi connectivity index (χ1v) is 8.83. The van der Waals surface area contributed by atoms with Crippen molar-refractivity contribution in [2.24, 2.45) is 0 Å². The molecule has 0 spiro atoms. The highest BCUT2D eigenvalue weighted by atomic mass is 19.1. The molecule has 0 saturated carbocycles. The Morgan fingerprint density at radius 3 is 2.13 bits per heavy atom. The van der Waals surface area contributed by atoms with Gasteiger partial charge in [-0.3, -0.25) is 4.79 Å². The maximum Gasteiger partial charge on any atom is 0.259 e. The van der Waals surface area contributed by atoms with E-state index in [1.165, 1.54) is 36.1 Å². The summed E-state index contributed by atoms with van der Waals surface area (Å²) in [5.41, 5.74) is 0.305. The van der Waals surface area contributed by atoms with Crippen LogP contribution in [-0.4, -0.2) is 29.9 Å². The lowest BCUT2D eigenvalue weighted by Gasteiger charge is -2.14. The van der Waals surface area contributed by atoms with Crippen molar-refractivity contribution < 1.29 is 23.0 Å². The van der Waals surface area contributed by atoms with Crippen LogP contribution in [-0.2, 0) is 0 Å². The lowest BCUT2D eigenvalue weighted by molar-refractivity contribution is 0.0827. The number of hydrogen-bond acceptors (Lipinski definition) is 5. The molecule has 1 aromatic heterocycles. The minimum atomic E-state index is -0.991. The molecule has 0 aliphatic heterocycles. The molecule has 1 amide bonds. The summed E-state index contributed by atoms with van der Waals surface area (Å²) in [4.78, 5) is 17.3. The van der Waals surface area contributed by atoms with E-state index in [-0.39, 0.29) is 23.0 Å². The van der Waals surface area contributed by atoms with E-state index in [1.54, 1.807) is 38.4 Å². The van der Waals surface area contributed by atoms with Crippen molar-refractivity contribution in [2.75, 3.05) is 14.1 Å². The number of nitrogens with zero attached hydrogens (tertiary/aromatic N) is 3. The Bertz CT molecular complexity index is 1160. The maximum absolute atomic E-state index is 14.6. The Balaban J connectivity index is 1.95. The van der Waals surface area contributed by atoms with Crippen molar-refractivity contribution in [1.82, 2.24) is 9.88 Å². The fourth-order valence-electron chi connectivity index (χ4n) is 2.55. The van der Waals surface area contributed by atoms with Gasteiger partial charge < -0.3 is 14.4 Å². The first-order chi connectivity index (χ1) is 14.3. The van der Waals surface area contributed by atoms with Crippen LogP contribution in [0.1, 0.15) is 21.5 Å². The normalized spacial score (nSPS) is 10.3. The number of aromatic nitrogens is 1. The average Bonchev–Trinajstić information content (AvgIpc) is 2.75. The molecule has 30 heavy (non-hydrogen) atoms. The van der Waals surface area contributed by atoms with Crippen molar-refractivity contribution in [3.8, 4) is 29.3 Å². The van der Waals surface area contributed by atoms with E-state index in [0.29, 0.717) is 11.1 Å². The molecule has 0 aliphatic rings. The Morgan fingerprint density at radius 1 is 1.00 bits per heavy atom. The molecule has 1 heterocycles. The summed E-state index contributed by atoms with van der Waals surface area (Å²) in [6.45, 7) is 1.23. The third-order valence-corrected chi connectivity index (χ3v) is 4.12. The standard InChI is InChI=1S/C22H17F2N3O3/c1-13-18(23)20(29-16-8-4-6-14(10-16)12-25)26-21(19(13)24)30-17-9-5-7-15(11-17)22(28)27(2)3/h4-11H,1-3H3. The SMILES string of the molecule is Cc1c(F)c(Oc2cccc(C#N)c2)nc(Oc2cccc(C(=O)N(C)C)c2)c1F. The highest BCUT2D eigenvalue weighted by Gasteiger charge is 2.21.